The molecule has 120 valence electrons. The molecule has 0 fully saturated rings. The summed E-state index contributed by atoms with van der Waals surface area (Å²) >= 11 is 1.39. The van der Waals surface area contributed by atoms with Crippen molar-refractivity contribution in [3.63, 3.8) is 0 Å². The molecule has 0 aliphatic heterocycles. The smallest absolute Gasteiger partial charge is 0.230 e. The van der Waals surface area contributed by atoms with E-state index in [2.05, 4.69) is 22.4 Å². The van der Waals surface area contributed by atoms with Crippen LogP contribution < -0.4 is 5.32 Å². The van der Waals surface area contributed by atoms with Crippen molar-refractivity contribution >= 4 is 17.7 Å². The van der Waals surface area contributed by atoms with Crippen molar-refractivity contribution in [3.05, 3.63) is 18.4 Å². The van der Waals surface area contributed by atoms with Crippen LogP contribution in [0.2, 0.25) is 0 Å². The van der Waals surface area contributed by atoms with Crippen LogP contribution in [0.4, 0.5) is 0 Å². The second kappa shape index (κ2) is 8.03. The minimum Gasteiger partial charge on any atom is -0.461 e. The summed E-state index contributed by atoms with van der Waals surface area (Å²) in [6.07, 6.45) is 3.66. The number of nitrogens with zero attached hydrogens (tertiary/aromatic N) is 3. The Hall–Kier alpha value is -1.76. The van der Waals surface area contributed by atoms with Gasteiger partial charge in [-0.1, -0.05) is 25.1 Å². The molecule has 0 aromatic carbocycles. The number of carbonyl (C=O) groups is 1. The van der Waals surface area contributed by atoms with E-state index in [1.807, 2.05) is 30.5 Å². The third-order valence-corrected chi connectivity index (χ3v) is 4.20. The largest absolute Gasteiger partial charge is 0.461 e. The standard InChI is InChI=1S/C15H22N4O2S/c1-4-7-11(3)16-13(20)10-22-15-18-17-14(19(15)5-2)12-8-6-9-21-12/h6,8-9,11H,4-5,7,10H2,1-3H3,(H,16,20). The lowest BCUT2D eigenvalue weighted by atomic mass is 10.2. The Morgan fingerprint density at radius 1 is 1.45 bits per heavy atom. The number of hydrogen-bond acceptors (Lipinski definition) is 5. The average Bonchev–Trinajstić information content (AvgIpc) is 3.13. The molecule has 2 aromatic heterocycles. The molecule has 22 heavy (non-hydrogen) atoms. The fourth-order valence-electron chi connectivity index (χ4n) is 2.22. The molecule has 0 saturated carbocycles. The SMILES string of the molecule is CCCC(C)NC(=O)CSc1nnc(-c2ccco2)n1CC. The number of amides is 1. The highest BCUT2D eigenvalue weighted by Gasteiger charge is 2.16. The van der Waals surface area contributed by atoms with Gasteiger partial charge in [-0.25, -0.2) is 0 Å². The lowest BCUT2D eigenvalue weighted by molar-refractivity contribution is -0.119. The first-order chi connectivity index (χ1) is 10.7. The maximum atomic E-state index is 11.9. The lowest BCUT2D eigenvalue weighted by Gasteiger charge is -2.12. The quantitative estimate of drug-likeness (QED) is 0.756. The molecule has 1 amide bonds. The molecule has 2 heterocycles. The maximum absolute atomic E-state index is 11.9. The highest BCUT2D eigenvalue weighted by molar-refractivity contribution is 7.99. The molecule has 6 nitrogen and oxygen atoms in total. The summed E-state index contributed by atoms with van der Waals surface area (Å²) in [5, 5.41) is 12.0. The Balaban J connectivity index is 1.97. The van der Waals surface area contributed by atoms with Crippen molar-refractivity contribution in [2.24, 2.45) is 0 Å². The van der Waals surface area contributed by atoms with Gasteiger partial charge in [0.25, 0.3) is 0 Å². The number of thioether (sulfide) groups is 1. The van der Waals surface area contributed by atoms with Gasteiger partial charge in [0.1, 0.15) is 0 Å². The van der Waals surface area contributed by atoms with Gasteiger partial charge in [0.05, 0.1) is 12.0 Å². The summed E-state index contributed by atoms with van der Waals surface area (Å²) in [6, 6.07) is 3.88. The van der Waals surface area contributed by atoms with Crippen molar-refractivity contribution in [2.75, 3.05) is 5.75 Å². The van der Waals surface area contributed by atoms with Crippen LogP contribution >= 0.6 is 11.8 Å². The molecule has 0 radical (unpaired) electrons. The van der Waals surface area contributed by atoms with Crippen LogP contribution in [-0.2, 0) is 11.3 Å². The van der Waals surface area contributed by atoms with Gasteiger partial charge in [-0.2, -0.15) is 0 Å². The summed E-state index contributed by atoms with van der Waals surface area (Å²) in [5.41, 5.74) is 0. The van der Waals surface area contributed by atoms with Crippen molar-refractivity contribution in [2.45, 2.75) is 51.4 Å². The average molecular weight is 322 g/mol. The molecule has 1 unspecified atom stereocenters. The molecule has 0 saturated heterocycles. The second-order valence-corrected chi connectivity index (χ2v) is 6.02. The molecule has 7 heteroatoms. The molecule has 2 rings (SSSR count). The van der Waals surface area contributed by atoms with Crippen LogP contribution in [0, 0.1) is 0 Å². The lowest BCUT2D eigenvalue weighted by Crippen LogP contribution is -2.33. The summed E-state index contributed by atoms with van der Waals surface area (Å²) < 4.78 is 7.32. The van der Waals surface area contributed by atoms with Crippen LogP contribution in [0.3, 0.4) is 0 Å². The Bertz CT molecular complexity index is 595. The number of aromatic nitrogens is 3. The van der Waals surface area contributed by atoms with E-state index in [9.17, 15) is 4.79 Å². The summed E-state index contributed by atoms with van der Waals surface area (Å²) in [5.74, 6) is 1.73. The monoisotopic (exact) mass is 322 g/mol. The van der Waals surface area contributed by atoms with E-state index in [1.165, 1.54) is 11.8 Å². The van der Waals surface area contributed by atoms with Gasteiger partial charge in [-0.3, -0.25) is 9.36 Å². The van der Waals surface area contributed by atoms with E-state index >= 15 is 0 Å². The molecular formula is C15H22N4O2S. The summed E-state index contributed by atoms with van der Waals surface area (Å²) in [6.45, 7) is 6.87. The molecule has 2 aromatic rings. The summed E-state index contributed by atoms with van der Waals surface area (Å²) in [4.78, 5) is 11.9. The molecule has 1 atom stereocenters. The van der Waals surface area contributed by atoms with E-state index in [0.29, 0.717) is 17.3 Å². The first-order valence-corrected chi connectivity index (χ1v) is 8.53. The zero-order valence-electron chi connectivity index (χ0n) is 13.2. The first kappa shape index (κ1) is 16.6. The molecular weight excluding hydrogens is 300 g/mol. The predicted octanol–water partition coefficient (Wildman–Crippen LogP) is 2.95. The first-order valence-electron chi connectivity index (χ1n) is 7.54. The molecule has 1 N–H and O–H groups in total. The van der Waals surface area contributed by atoms with Gasteiger partial charge in [0.2, 0.25) is 5.91 Å². The van der Waals surface area contributed by atoms with Gasteiger partial charge in [-0.05, 0) is 32.4 Å². The molecule has 0 bridgehead atoms. The third-order valence-electron chi connectivity index (χ3n) is 3.24. The van der Waals surface area contributed by atoms with Gasteiger partial charge < -0.3 is 9.73 Å². The Labute approximate surface area is 134 Å². The highest BCUT2D eigenvalue weighted by Crippen LogP contribution is 2.24. The van der Waals surface area contributed by atoms with Crippen LogP contribution in [0.5, 0.6) is 0 Å². The normalized spacial score (nSPS) is 12.3. The van der Waals surface area contributed by atoms with Crippen LogP contribution in [0.1, 0.15) is 33.6 Å². The second-order valence-electron chi connectivity index (χ2n) is 5.07. The van der Waals surface area contributed by atoms with Gasteiger partial charge >= 0.3 is 0 Å². The number of nitrogens with one attached hydrogen (secondary N) is 1. The predicted molar refractivity (Wildman–Crippen MR) is 86.6 cm³/mol. The number of hydrogen-bond donors (Lipinski definition) is 1. The van der Waals surface area contributed by atoms with Crippen LogP contribution in [-0.4, -0.2) is 32.5 Å². The zero-order chi connectivity index (χ0) is 15.9. The molecule has 0 aliphatic carbocycles. The van der Waals surface area contributed by atoms with E-state index in [4.69, 9.17) is 4.42 Å². The number of rotatable bonds is 8. The maximum Gasteiger partial charge on any atom is 0.230 e. The minimum absolute atomic E-state index is 0.0242. The fourth-order valence-corrected chi connectivity index (χ4v) is 3.03. The van der Waals surface area contributed by atoms with Gasteiger partial charge in [-0.15, -0.1) is 10.2 Å². The van der Waals surface area contributed by atoms with Crippen molar-refractivity contribution in [1.29, 1.82) is 0 Å². The Morgan fingerprint density at radius 3 is 2.91 bits per heavy atom. The van der Waals surface area contributed by atoms with E-state index in [0.717, 1.165) is 24.5 Å². The number of furan rings is 1. The van der Waals surface area contributed by atoms with E-state index < -0.39 is 0 Å². The van der Waals surface area contributed by atoms with Gasteiger partial charge in [0, 0.05) is 12.6 Å². The number of carbonyl (C=O) groups excluding carboxylic acids is 1. The van der Waals surface area contributed by atoms with Crippen LogP contribution in [0.15, 0.2) is 28.0 Å². The zero-order valence-corrected chi connectivity index (χ0v) is 14.0. The van der Waals surface area contributed by atoms with Crippen molar-refractivity contribution in [1.82, 2.24) is 20.1 Å². The van der Waals surface area contributed by atoms with E-state index in [1.54, 1.807) is 6.26 Å². The fraction of sp³-hybridized carbons (Fsp3) is 0.533. The van der Waals surface area contributed by atoms with Crippen molar-refractivity contribution in [3.8, 4) is 11.6 Å². The highest BCUT2D eigenvalue weighted by atomic mass is 32.2. The summed E-state index contributed by atoms with van der Waals surface area (Å²) in [7, 11) is 0. The molecule has 0 aliphatic rings. The van der Waals surface area contributed by atoms with Gasteiger partial charge in [0.15, 0.2) is 16.7 Å². The third kappa shape index (κ3) is 4.13. The Kier molecular flexibility index (Phi) is 6.06. The van der Waals surface area contributed by atoms with E-state index in [-0.39, 0.29) is 11.9 Å². The van der Waals surface area contributed by atoms with Crippen molar-refractivity contribution < 1.29 is 9.21 Å². The molecule has 0 spiro atoms. The Morgan fingerprint density at radius 2 is 2.27 bits per heavy atom. The topological polar surface area (TPSA) is 73.0 Å². The van der Waals surface area contributed by atoms with Crippen LogP contribution in [0.25, 0.3) is 11.6 Å². The minimum atomic E-state index is 0.0242.